The molecule has 5 nitrogen and oxygen atoms in total. The quantitative estimate of drug-likeness (QED) is 0.782. The largest absolute Gasteiger partial charge is 0.495 e. The van der Waals surface area contributed by atoms with Gasteiger partial charge >= 0.3 is 0 Å². The maximum absolute atomic E-state index is 11.7. The van der Waals surface area contributed by atoms with Crippen LogP contribution in [0.4, 0.5) is 5.69 Å². The Morgan fingerprint density at radius 1 is 1.40 bits per heavy atom. The molecule has 0 unspecified atom stereocenters. The van der Waals surface area contributed by atoms with Gasteiger partial charge in [-0.2, -0.15) is 8.42 Å². The van der Waals surface area contributed by atoms with Crippen molar-refractivity contribution in [1.82, 2.24) is 0 Å². The molecule has 1 N–H and O–H groups in total. The van der Waals surface area contributed by atoms with Crippen molar-refractivity contribution in [3.05, 3.63) is 18.2 Å². The SMILES string of the molecule is COc1cccc2c1NC(C)=NS2(=O)=O. The topological polar surface area (TPSA) is 67.8 Å². The molecule has 0 saturated heterocycles. The molecule has 0 atom stereocenters. The van der Waals surface area contributed by atoms with E-state index in [2.05, 4.69) is 9.71 Å². The molecule has 1 aliphatic rings. The third-order valence-corrected chi connectivity index (χ3v) is 3.46. The number of hydrogen-bond donors (Lipinski definition) is 1. The predicted molar refractivity (Wildman–Crippen MR) is 56.9 cm³/mol. The van der Waals surface area contributed by atoms with Gasteiger partial charge in [-0.3, -0.25) is 0 Å². The lowest BCUT2D eigenvalue weighted by molar-refractivity contribution is 0.415. The highest BCUT2D eigenvalue weighted by Gasteiger charge is 2.25. The second-order valence-corrected chi connectivity index (χ2v) is 4.68. The van der Waals surface area contributed by atoms with E-state index in [1.807, 2.05) is 0 Å². The van der Waals surface area contributed by atoms with Crippen LogP contribution in [0.15, 0.2) is 27.5 Å². The lowest BCUT2D eigenvalue weighted by atomic mass is 10.3. The molecule has 0 saturated carbocycles. The number of nitrogens with one attached hydrogen (secondary N) is 1. The predicted octanol–water partition coefficient (Wildman–Crippen LogP) is 1.23. The number of sulfonamides is 1. The fourth-order valence-corrected chi connectivity index (χ4v) is 2.62. The summed E-state index contributed by atoms with van der Waals surface area (Å²) in [6.07, 6.45) is 0. The van der Waals surface area contributed by atoms with Crippen molar-refractivity contribution in [3.63, 3.8) is 0 Å². The van der Waals surface area contributed by atoms with E-state index in [1.165, 1.54) is 13.2 Å². The third kappa shape index (κ3) is 1.56. The van der Waals surface area contributed by atoms with E-state index in [1.54, 1.807) is 19.1 Å². The van der Waals surface area contributed by atoms with Crippen LogP contribution in [-0.4, -0.2) is 21.4 Å². The Labute approximate surface area is 87.8 Å². The number of hydrogen-bond acceptors (Lipinski definition) is 4. The molecular weight excluding hydrogens is 216 g/mol. The summed E-state index contributed by atoms with van der Waals surface area (Å²) in [5.74, 6) is 0.831. The van der Waals surface area contributed by atoms with Crippen molar-refractivity contribution in [3.8, 4) is 5.75 Å². The first-order valence-electron chi connectivity index (χ1n) is 4.30. The van der Waals surface area contributed by atoms with Gasteiger partial charge in [0.2, 0.25) is 0 Å². The molecule has 1 aliphatic heterocycles. The van der Waals surface area contributed by atoms with Gasteiger partial charge in [0.05, 0.1) is 7.11 Å². The van der Waals surface area contributed by atoms with E-state index in [0.29, 0.717) is 17.3 Å². The van der Waals surface area contributed by atoms with Gasteiger partial charge in [0.1, 0.15) is 22.2 Å². The first-order chi connectivity index (χ1) is 7.04. The summed E-state index contributed by atoms with van der Waals surface area (Å²) in [6.45, 7) is 1.59. The molecule has 0 aromatic heterocycles. The monoisotopic (exact) mass is 226 g/mol. The molecular formula is C9H10N2O3S. The summed E-state index contributed by atoms with van der Waals surface area (Å²) >= 11 is 0. The lowest BCUT2D eigenvalue weighted by Gasteiger charge is -2.18. The Hall–Kier alpha value is -1.56. The van der Waals surface area contributed by atoms with E-state index in [0.717, 1.165) is 0 Å². The van der Waals surface area contributed by atoms with Gasteiger partial charge in [-0.15, -0.1) is 4.40 Å². The van der Waals surface area contributed by atoms with Crippen LogP contribution in [0, 0.1) is 0 Å². The Kier molecular flexibility index (Phi) is 2.15. The van der Waals surface area contributed by atoms with Crippen LogP contribution >= 0.6 is 0 Å². The number of para-hydroxylation sites is 1. The van der Waals surface area contributed by atoms with Crippen LogP contribution in [0.25, 0.3) is 0 Å². The normalized spacial score (nSPS) is 17.3. The Morgan fingerprint density at radius 2 is 2.13 bits per heavy atom. The van der Waals surface area contributed by atoms with Crippen LogP contribution in [0.3, 0.4) is 0 Å². The van der Waals surface area contributed by atoms with Crippen molar-refractivity contribution in [1.29, 1.82) is 0 Å². The summed E-state index contributed by atoms with van der Waals surface area (Å²) in [5.41, 5.74) is 0.451. The van der Waals surface area contributed by atoms with Crippen molar-refractivity contribution >= 4 is 21.5 Å². The van der Waals surface area contributed by atoms with Gasteiger partial charge in [-0.05, 0) is 19.1 Å². The molecule has 6 heteroatoms. The molecule has 0 spiro atoms. The summed E-state index contributed by atoms with van der Waals surface area (Å²) in [7, 11) is -2.09. The Morgan fingerprint density at radius 3 is 2.80 bits per heavy atom. The Balaban J connectivity index is 2.73. The number of rotatable bonds is 1. The number of fused-ring (bicyclic) bond motifs is 1. The molecule has 1 aromatic carbocycles. The van der Waals surface area contributed by atoms with Crippen LogP contribution in [0.1, 0.15) is 6.92 Å². The van der Waals surface area contributed by atoms with Crippen LogP contribution in [0.5, 0.6) is 5.75 Å². The lowest BCUT2D eigenvalue weighted by Crippen LogP contribution is -2.19. The zero-order valence-corrected chi connectivity index (χ0v) is 9.13. The molecule has 0 fully saturated rings. The van der Waals surface area contributed by atoms with Gasteiger partial charge in [0, 0.05) is 0 Å². The highest BCUT2D eigenvalue weighted by atomic mass is 32.2. The van der Waals surface area contributed by atoms with E-state index < -0.39 is 10.0 Å². The number of amidine groups is 1. The standard InChI is InChI=1S/C9H10N2O3S/c1-6-10-9-7(14-2)4-3-5-8(9)15(12,13)11-6/h3-5H,1-2H3,(H,10,11). The van der Waals surface area contributed by atoms with E-state index in [-0.39, 0.29) is 4.90 Å². The molecule has 80 valence electrons. The number of ether oxygens (including phenoxy) is 1. The van der Waals surface area contributed by atoms with Gasteiger partial charge < -0.3 is 10.1 Å². The minimum absolute atomic E-state index is 0.146. The highest BCUT2D eigenvalue weighted by Crippen LogP contribution is 2.34. The third-order valence-electron chi connectivity index (χ3n) is 2.05. The highest BCUT2D eigenvalue weighted by molar-refractivity contribution is 7.90. The molecule has 0 bridgehead atoms. The minimum Gasteiger partial charge on any atom is -0.495 e. The van der Waals surface area contributed by atoms with Crippen molar-refractivity contribution < 1.29 is 13.2 Å². The van der Waals surface area contributed by atoms with Crippen molar-refractivity contribution in [2.75, 3.05) is 12.4 Å². The van der Waals surface area contributed by atoms with Crippen LogP contribution < -0.4 is 10.1 Å². The van der Waals surface area contributed by atoms with Crippen LogP contribution in [-0.2, 0) is 10.0 Å². The zero-order valence-electron chi connectivity index (χ0n) is 8.31. The average molecular weight is 226 g/mol. The van der Waals surface area contributed by atoms with Crippen molar-refractivity contribution in [2.24, 2.45) is 4.40 Å². The molecule has 2 rings (SSSR count). The summed E-state index contributed by atoms with van der Waals surface area (Å²) in [5, 5.41) is 2.88. The van der Waals surface area contributed by atoms with Crippen LogP contribution in [0.2, 0.25) is 0 Å². The molecule has 15 heavy (non-hydrogen) atoms. The van der Waals surface area contributed by atoms with Gasteiger partial charge in [0.15, 0.2) is 0 Å². The van der Waals surface area contributed by atoms with Crippen molar-refractivity contribution in [2.45, 2.75) is 11.8 Å². The van der Waals surface area contributed by atoms with E-state index in [9.17, 15) is 8.42 Å². The fourth-order valence-electron chi connectivity index (χ4n) is 1.45. The first kappa shape index (κ1) is 9.97. The number of anilines is 1. The maximum atomic E-state index is 11.7. The number of methoxy groups -OCH3 is 1. The van der Waals surface area contributed by atoms with Gasteiger partial charge in [-0.1, -0.05) is 6.07 Å². The van der Waals surface area contributed by atoms with E-state index in [4.69, 9.17) is 4.74 Å². The molecule has 1 aromatic rings. The minimum atomic E-state index is -3.58. The smallest absolute Gasteiger partial charge is 0.286 e. The number of benzene rings is 1. The second kappa shape index (κ2) is 3.23. The zero-order chi connectivity index (χ0) is 11.1. The Bertz CT molecular complexity index is 534. The summed E-state index contributed by atoms with van der Waals surface area (Å²) in [6, 6.07) is 4.81. The molecule has 0 amide bonds. The fraction of sp³-hybridized carbons (Fsp3) is 0.222. The number of nitrogens with zero attached hydrogens (tertiary/aromatic N) is 1. The first-order valence-corrected chi connectivity index (χ1v) is 5.74. The van der Waals surface area contributed by atoms with Gasteiger partial charge in [0.25, 0.3) is 10.0 Å². The maximum Gasteiger partial charge on any atom is 0.286 e. The molecule has 1 heterocycles. The average Bonchev–Trinajstić information content (AvgIpc) is 2.15. The second-order valence-electron chi connectivity index (χ2n) is 3.11. The van der Waals surface area contributed by atoms with Gasteiger partial charge in [-0.25, -0.2) is 0 Å². The molecule has 0 aliphatic carbocycles. The summed E-state index contributed by atoms with van der Waals surface area (Å²) < 4.78 is 32.0. The summed E-state index contributed by atoms with van der Waals surface area (Å²) in [4.78, 5) is 0.146. The van der Waals surface area contributed by atoms with E-state index >= 15 is 0 Å². The molecule has 0 radical (unpaired) electrons.